The number of para-hydroxylation sites is 1. The molecule has 0 saturated carbocycles. The van der Waals surface area contributed by atoms with Crippen molar-refractivity contribution in [3.63, 3.8) is 0 Å². The van der Waals surface area contributed by atoms with Crippen molar-refractivity contribution in [1.29, 1.82) is 5.26 Å². The summed E-state index contributed by atoms with van der Waals surface area (Å²) in [6.07, 6.45) is 4.79. The van der Waals surface area contributed by atoms with E-state index in [1.165, 1.54) is 6.42 Å². The number of carbonyl (C=O) groups is 1. The first kappa shape index (κ1) is 14.5. The number of hydrogen-bond acceptors (Lipinski definition) is 3. The lowest BCUT2D eigenvalue weighted by atomic mass is 10.0. The van der Waals surface area contributed by atoms with Crippen LogP contribution in [0.5, 0.6) is 0 Å². The Morgan fingerprint density at radius 3 is 2.95 bits per heavy atom. The van der Waals surface area contributed by atoms with Gasteiger partial charge in [0, 0.05) is 20.1 Å². The number of anilines is 1. The topological polar surface area (TPSA) is 53.3 Å². The molecule has 0 bridgehead atoms. The Hall–Kier alpha value is -1.86. The summed E-state index contributed by atoms with van der Waals surface area (Å²) < 4.78 is 5.64. The van der Waals surface area contributed by atoms with Crippen LogP contribution in [0.25, 0.3) is 0 Å². The Morgan fingerprint density at radius 2 is 2.25 bits per heavy atom. The molecule has 2 rings (SSSR count). The van der Waals surface area contributed by atoms with Gasteiger partial charge in [0.05, 0.1) is 17.4 Å². The predicted octanol–water partition coefficient (Wildman–Crippen LogP) is 2.87. The van der Waals surface area contributed by atoms with E-state index in [1.54, 1.807) is 30.1 Å². The summed E-state index contributed by atoms with van der Waals surface area (Å²) in [7, 11) is 1.72. The van der Waals surface area contributed by atoms with E-state index in [1.807, 2.05) is 6.07 Å². The highest BCUT2D eigenvalue weighted by Gasteiger charge is 2.18. The average Bonchev–Trinajstić information content (AvgIpc) is 2.52. The molecular formula is C16H20N2O2. The first-order chi connectivity index (χ1) is 9.72. The van der Waals surface area contributed by atoms with Gasteiger partial charge < -0.3 is 9.64 Å². The standard InChI is InChI=1S/C16H20N2O2/c1-18(15-8-3-2-6-13(15)12-17)16(19)10-9-14-7-4-5-11-20-14/h2-3,6,8,14H,4-5,7,9-11H2,1H3. The number of benzene rings is 1. The SMILES string of the molecule is CN(C(=O)CCC1CCCCO1)c1ccccc1C#N. The van der Waals surface area contributed by atoms with Gasteiger partial charge in [-0.25, -0.2) is 0 Å². The van der Waals surface area contributed by atoms with Crippen molar-refractivity contribution in [2.75, 3.05) is 18.6 Å². The zero-order valence-corrected chi connectivity index (χ0v) is 11.8. The molecule has 0 spiro atoms. The minimum atomic E-state index is 0.0295. The van der Waals surface area contributed by atoms with Crippen LogP contribution in [0.1, 0.15) is 37.7 Å². The zero-order chi connectivity index (χ0) is 14.4. The lowest BCUT2D eigenvalue weighted by Crippen LogP contribution is -2.29. The molecule has 1 aromatic carbocycles. The number of carbonyl (C=O) groups excluding carboxylic acids is 1. The summed E-state index contributed by atoms with van der Waals surface area (Å²) in [5.74, 6) is 0.0295. The summed E-state index contributed by atoms with van der Waals surface area (Å²) in [5, 5.41) is 9.07. The minimum absolute atomic E-state index is 0.0295. The quantitative estimate of drug-likeness (QED) is 0.847. The van der Waals surface area contributed by atoms with Crippen LogP contribution < -0.4 is 4.90 Å². The van der Waals surface area contributed by atoms with E-state index in [-0.39, 0.29) is 12.0 Å². The number of nitriles is 1. The first-order valence-corrected chi connectivity index (χ1v) is 7.09. The molecule has 4 heteroatoms. The number of amides is 1. The third kappa shape index (κ3) is 3.58. The maximum atomic E-state index is 12.2. The Bertz CT molecular complexity index is 501. The molecule has 0 aromatic heterocycles. The van der Waals surface area contributed by atoms with Crippen molar-refractivity contribution in [3.05, 3.63) is 29.8 Å². The van der Waals surface area contributed by atoms with Crippen molar-refractivity contribution >= 4 is 11.6 Å². The highest BCUT2D eigenvalue weighted by atomic mass is 16.5. The van der Waals surface area contributed by atoms with Crippen LogP contribution in [0.3, 0.4) is 0 Å². The van der Waals surface area contributed by atoms with Crippen LogP contribution in [-0.2, 0) is 9.53 Å². The molecular weight excluding hydrogens is 252 g/mol. The van der Waals surface area contributed by atoms with Gasteiger partial charge in [0.1, 0.15) is 6.07 Å². The second-order valence-electron chi connectivity index (χ2n) is 5.11. The van der Waals surface area contributed by atoms with Crippen LogP contribution in [0.2, 0.25) is 0 Å². The highest BCUT2D eigenvalue weighted by molar-refractivity contribution is 5.94. The van der Waals surface area contributed by atoms with Crippen molar-refractivity contribution in [3.8, 4) is 6.07 Å². The third-order valence-corrected chi connectivity index (χ3v) is 3.71. The largest absolute Gasteiger partial charge is 0.378 e. The van der Waals surface area contributed by atoms with Gasteiger partial charge in [-0.1, -0.05) is 12.1 Å². The second kappa shape index (κ2) is 7.06. The molecule has 1 saturated heterocycles. The Morgan fingerprint density at radius 1 is 1.45 bits per heavy atom. The fourth-order valence-corrected chi connectivity index (χ4v) is 2.48. The molecule has 1 unspecified atom stereocenters. The molecule has 1 amide bonds. The molecule has 1 aromatic rings. The van der Waals surface area contributed by atoms with E-state index in [0.29, 0.717) is 17.7 Å². The maximum Gasteiger partial charge on any atom is 0.226 e. The number of rotatable bonds is 4. The maximum absolute atomic E-state index is 12.2. The third-order valence-electron chi connectivity index (χ3n) is 3.71. The Labute approximate surface area is 120 Å². The summed E-state index contributed by atoms with van der Waals surface area (Å²) in [6, 6.07) is 9.28. The number of nitrogens with zero attached hydrogens (tertiary/aromatic N) is 2. The lowest BCUT2D eigenvalue weighted by Gasteiger charge is -2.24. The summed E-state index contributed by atoms with van der Waals surface area (Å²) >= 11 is 0. The van der Waals surface area contributed by atoms with E-state index in [9.17, 15) is 4.79 Å². The van der Waals surface area contributed by atoms with Gasteiger partial charge in [-0.2, -0.15) is 5.26 Å². The average molecular weight is 272 g/mol. The van der Waals surface area contributed by atoms with E-state index in [4.69, 9.17) is 10.00 Å². The van der Waals surface area contributed by atoms with Gasteiger partial charge in [-0.3, -0.25) is 4.79 Å². The van der Waals surface area contributed by atoms with Gasteiger partial charge >= 0.3 is 0 Å². The van der Waals surface area contributed by atoms with Crippen molar-refractivity contribution < 1.29 is 9.53 Å². The van der Waals surface area contributed by atoms with Crippen LogP contribution >= 0.6 is 0 Å². The van der Waals surface area contributed by atoms with Gasteiger partial charge in [0.15, 0.2) is 0 Å². The summed E-state index contributed by atoms with van der Waals surface area (Å²) in [5.41, 5.74) is 1.20. The second-order valence-corrected chi connectivity index (χ2v) is 5.11. The van der Waals surface area contributed by atoms with Gasteiger partial charge in [-0.15, -0.1) is 0 Å². The monoisotopic (exact) mass is 272 g/mol. The Kier molecular flexibility index (Phi) is 5.14. The molecule has 0 N–H and O–H groups in total. The molecule has 0 aliphatic carbocycles. The Balaban J connectivity index is 1.93. The molecule has 0 radical (unpaired) electrons. The lowest BCUT2D eigenvalue weighted by molar-refractivity contribution is -0.119. The van der Waals surface area contributed by atoms with Crippen molar-refractivity contribution in [2.24, 2.45) is 0 Å². The van der Waals surface area contributed by atoms with E-state index < -0.39 is 0 Å². The van der Waals surface area contributed by atoms with Crippen LogP contribution in [0.15, 0.2) is 24.3 Å². The highest BCUT2D eigenvalue weighted by Crippen LogP contribution is 2.21. The first-order valence-electron chi connectivity index (χ1n) is 7.09. The van der Waals surface area contributed by atoms with Gasteiger partial charge in [0.2, 0.25) is 5.91 Å². The molecule has 4 nitrogen and oxygen atoms in total. The summed E-state index contributed by atoms with van der Waals surface area (Å²) in [4.78, 5) is 13.8. The van der Waals surface area contributed by atoms with Crippen molar-refractivity contribution in [1.82, 2.24) is 0 Å². The number of hydrogen-bond donors (Lipinski definition) is 0. The van der Waals surface area contributed by atoms with Gasteiger partial charge in [0.25, 0.3) is 0 Å². The summed E-state index contributed by atoms with van der Waals surface area (Å²) in [6.45, 7) is 0.811. The molecule has 1 fully saturated rings. The smallest absolute Gasteiger partial charge is 0.226 e. The van der Waals surface area contributed by atoms with E-state index in [2.05, 4.69) is 6.07 Å². The van der Waals surface area contributed by atoms with Crippen molar-refractivity contribution in [2.45, 2.75) is 38.2 Å². The predicted molar refractivity (Wildman–Crippen MR) is 77.4 cm³/mol. The van der Waals surface area contributed by atoms with E-state index in [0.717, 1.165) is 25.9 Å². The molecule has 1 aliphatic heterocycles. The normalized spacial score (nSPS) is 18.3. The molecule has 1 atom stereocenters. The van der Waals surface area contributed by atoms with Crippen LogP contribution in [0, 0.1) is 11.3 Å². The van der Waals surface area contributed by atoms with Crippen LogP contribution in [-0.4, -0.2) is 25.7 Å². The minimum Gasteiger partial charge on any atom is -0.378 e. The number of ether oxygens (including phenoxy) is 1. The van der Waals surface area contributed by atoms with Gasteiger partial charge in [-0.05, 0) is 37.8 Å². The molecule has 1 aliphatic rings. The fraction of sp³-hybridized carbons (Fsp3) is 0.500. The zero-order valence-electron chi connectivity index (χ0n) is 11.8. The van der Waals surface area contributed by atoms with Crippen LogP contribution in [0.4, 0.5) is 5.69 Å². The molecule has 20 heavy (non-hydrogen) atoms. The fourth-order valence-electron chi connectivity index (χ4n) is 2.48. The molecule has 1 heterocycles. The van der Waals surface area contributed by atoms with E-state index >= 15 is 0 Å². The molecule has 106 valence electrons.